The first kappa shape index (κ1) is 11.5. The second-order valence-electron chi connectivity index (χ2n) is 4.30. The van der Waals surface area contributed by atoms with Gasteiger partial charge in [-0.2, -0.15) is 0 Å². The number of ether oxygens (including phenoxy) is 1. The number of anilines is 1. The molecule has 1 fully saturated rings. The molecule has 0 bridgehead atoms. The highest BCUT2D eigenvalue weighted by Crippen LogP contribution is 2.35. The molecule has 0 saturated heterocycles. The van der Waals surface area contributed by atoms with Gasteiger partial charge >= 0.3 is 0 Å². The van der Waals surface area contributed by atoms with Crippen LogP contribution in [-0.2, 0) is 0 Å². The molecule has 0 aliphatic heterocycles. The molecule has 0 aromatic carbocycles. The van der Waals surface area contributed by atoms with Crippen molar-refractivity contribution in [1.29, 1.82) is 0 Å². The van der Waals surface area contributed by atoms with Gasteiger partial charge in [0.2, 0.25) is 0 Å². The second-order valence-corrected chi connectivity index (χ2v) is 4.57. The molecular weight excluding hydrogens is 224 g/mol. The summed E-state index contributed by atoms with van der Waals surface area (Å²) in [6, 6.07) is 3.78. The molecule has 1 aromatic rings. The molecule has 1 aromatic heterocycles. The van der Waals surface area contributed by atoms with Crippen molar-refractivity contribution in [2.24, 2.45) is 0 Å². The van der Waals surface area contributed by atoms with E-state index in [4.69, 9.17) is 16.3 Å². The van der Waals surface area contributed by atoms with E-state index >= 15 is 0 Å². The maximum absolute atomic E-state index is 6.08. The van der Waals surface area contributed by atoms with Crippen LogP contribution in [0.2, 0.25) is 0 Å². The van der Waals surface area contributed by atoms with Gasteiger partial charge < -0.3 is 10.1 Å². The first-order valence-corrected chi connectivity index (χ1v) is 6.16. The summed E-state index contributed by atoms with van der Waals surface area (Å²) in [5.74, 6) is 2.19. The third kappa shape index (κ3) is 2.24. The van der Waals surface area contributed by atoms with Gasteiger partial charge in [-0.3, -0.25) is 0 Å². The van der Waals surface area contributed by atoms with Crippen molar-refractivity contribution in [2.75, 3.05) is 18.3 Å². The minimum atomic E-state index is 0.00316. The number of nitrogens with one attached hydrogen (secondary N) is 1. The number of hydrogen-bond donors (Lipinski definition) is 1. The molecule has 4 heteroatoms. The number of pyridine rings is 1. The number of halogens is 1. The highest BCUT2D eigenvalue weighted by molar-refractivity contribution is 6.18. The van der Waals surface area contributed by atoms with Crippen LogP contribution in [0.1, 0.15) is 25.7 Å². The van der Waals surface area contributed by atoms with Gasteiger partial charge in [0.1, 0.15) is 0 Å². The first-order chi connectivity index (χ1) is 7.79. The van der Waals surface area contributed by atoms with Gasteiger partial charge in [-0.05, 0) is 25.0 Å². The first-order valence-electron chi connectivity index (χ1n) is 5.63. The van der Waals surface area contributed by atoms with E-state index in [9.17, 15) is 0 Å². The van der Waals surface area contributed by atoms with Crippen LogP contribution in [0, 0.1) is 0 Å². The lowest BCUT2D eigenvalue weighted by atomic mass is 10.0. The summed E-state index contributed by atoms with van der Waals surface area (Å²) in [6.07, 6.45) is 6.44. The lowest BCUT2D eigenvalue weighted by Crippen LogP contribution is -2.37. The Labute approximate surface area is 101 Å². The Bertz CT molecular complexity index is 351. The van der Waals surface area contributed by atoms with Crippen LogP contribution >= 0.6 is 11.6 Å². The molecule has 1 heterocycles. The van der Waals surface area contributed by atoms with Crippen molar-refractivity contribution in [1.82, 2.24) is 4.98 Å². The van der Waals surface area contributed by atoms with E-state index in [0.717, 1.165) is 24.4 Å². The molecule has 0 radical (unpaired) electrons. The Morgan fingerprint density at radius 1 is 1.50 bits per heavy atom. The van der Waals surface area contributed by atoms with E-state index in [0.29, 0.717) is 5.88 Å². The molecular formula is C12H17ClN2O. The number of rotatable bonds is 4. The number of alkyl halides is 1. The number of aromatic nitrogens is 1. The molecule has 3 nitrogen and oxygen atoms in total. The zero-order valence-electron chi connectivity index (χ0n) is 9.50. The zero-order chi connectivity index (χ0) is 11.4. The maximum atomic E-state index is 6.08. The number of hydrogen-bond acceptors (Lipinski definition) is 3. The van der Waals surface area contributed by atoms with Gasteiger partial charge in [0, 0.05) is 12.1 Å². The molecule has 0 atom stereocenters. The van der Waals surface area contributed by atoms with E-state index in [2.05, 4.69) is 10.3 Å². The number of methoxy groups -OCH3 is 1. The van der Waals surface area contributed by atoms with Crippen LogP contribution in [0.3, 0.4) is 0 Å². The molecule has 88 valence electrons. The summed E-state index contributed by atoms with van der Waals surface area (Å²) in [5, 5.41) is 3.46. The average molecular weight is 241 g/mol. The smallest absolute Gasteiger partial charge is 0.169 e. The van der Waals surface area contributed by atoms with Crippen LogP contribution in [0.4, 0.5) is 5.82 Å². The third-order valence-electron chi connectivity index (χ3n) is 3.19. The molecule has 1 aliphatic rings. The minimum absolute atomic E-state index is 0.00316. The van der Waals surface area contributed by atoms with Crippen molar-refractivity contribution < 1.29 is 4.74 Å². The summed E-state index contributed by atoms with van der Waals surface area (Å²) in [7, 11) is 1.66. The maximum Gasteiger partial charge on any atom is 0.169 e. The van der Waals surface area contributed by atoms with Crippen molar-refractivity contribution in [3.8, 4) is 5.75 Å². The molecule has 0 amide bonds. The Balaban J connectivity index is 2.18. The molecule has 0 unspecified atom stereocenters. The minimum Gasteiger partial charge on any atom is -0.493 e. The second kappa shape index (κ2) is 4.91. The zero-order valence-corrected chi connectivity index (χ0v) is 10.3. The van der Waals surface area contributed by atoms with Crippen LogP contribution < -0.4 is 10.1 Å². The summed E-state index contributed by atoms with van der Waals surface area (Å²) in [4.78, 5) is 4.31. The average Bonchev–Trinajstić information content (AvgIpc) is 2.79. The van der Waals surface area contributed by atoms with Crippen molar-refractivity contribution in [3.05, 3.63) is 18.3 Å². The summed E-state index contributed by atoms with van der Waals surface area (Å²) >= 11 is 6.08. The molecule has 1 aliphatic carbocycles. The van der Waals surface area contributed by atoms with E-state index in [1.807, 2.05) is 12.1 Å². The van der Waals surface area contributed by atoms with E-state index in [-0.39, 0.29) is 5.54 Å². The Morgan fingerprint density at radius 3 is 2.88 bits per heavy atom. The lowest BCUT2D eigenvalue weighted by molar-refractivity contribution is 0.412. The Kier molecular flexibility index (Phi) is 3.54. The van der Waals surface area contributed by atoms with E-state index in [1.54, 1.807) is 13.3 Å². The highest BCUT2D eigenvalue weighted by Gasteiger charge is 2.33. The van der Waals surface area contributed by atoms with Gasteiger partial charge in [-0.1, -0.05) is 12.8 Å². The predicted octanol–water partition coefficient (Wildman–Crippen LogP) is 3.05. The van der Waals surface area contributed by atoms with Gasteiger partial charge in [0.15, 0.2) is 11.6 Å². The molecule has 1 N–H and O–H groups in total. The van der Waals surface area contributed by atoms with Gasteiger partial charge in [-0.25, -0.2) is 4.98 Å². The Hall–Kier alpha value is -0.960. The third-order valence-corrected chi connectivity index (χ3v) is 3.70. The van der Waals surface area contributed by atoms with Crippen molar-refractivity contribution in [3.63, 3.8) is 0 Å². The largest absolute Gasteiger partial charge is 0.493 e. The fourth-order valence-electron chi connectivity index (χ4n) is 2.24. The molecule has 0 spiro atoms. The molecule has 1 saturated carbocycles. The summed E-state index contributed by atoms with van der Waals surface area (Å²) in [5.41, 5.74) is 0.00316. The Morgan fingerprint density at radius 2 is 2.25 bits per heavy atom. The topological polar surface area (TPSA) is 34.1 Å². The normalized spacial score (nSPS) is 18.4. The standard InChI is InChI=1S/C12H17ClN2O/c1-16-10-5-4-8-14-11(10)15-12(9-13)6-2-3-7-12/h4-5,8H,2-3,6-7,9H2,1H3,(H,14,15). The number of nitrogens with zero attached hydrogens (tertiary/aromatic N) is 1. The molecule has 16 heavy (non-hydrogen) atoms. The van der Waals surface area contributed by atoms with Crippen molar-refractivity contribution >= 4 is 17.4 Å². The summed E-state index contributed by atoms with van der Waals surface area (Å²) in [6.45, 7) is 0. The van der Waals surface area contributed by atoms with Crippen LogP contribution in [0.5, 0.6) is 5.75 Å². The SMILES string of the molecule is COc1cccnc1NC1(CCl)CCCC1. The monoisotopic (exact) mass is 240 g/mol. The van der Waals surface area contributed by atoms with Gasteiger partial charge in [-0.15, -0.1) is 11.6 Å². The van der Waals surface area contributed by atoms with E-state index < -0.39 is 0 Å². The predicted molar refractivity (Wildman–Crippen MR) is 66.3 cm³/mol. The quantitative estimate of drug-likeness (QED) is 0.822. The van der Waals surface area contributed by atoms with Crippen molar-refractivity contribution in [2.45, 2.75) is 31.2 Å². The van der Waals surface area contributed by atoms with Crippen LogP contribution in [0.15, 0.2) is 18.3 Å². The summed E-state index contributed by atoms with van der Waals surface area (Å²) < 4.78 is 5.28. The van der Waals surface area contributed by atoms with E-state index in [1.165, 1.54) is 12.8 Å². The van der Waals surface area contributed by atoms with Crippen LogP contribution in [0.25, 0.3) is 0 Å². The van der Waals surface area contributed by atoms with Gasteiger partial charge in [0.05, 0.1) is 12.6 Å². The fraction of sp³-hybridized carbons (Fsp3) is 0.583. The van der Waals surface area contributed by atoms with Crippen LogP contribution in [-0.4, -0.2) is 23.5 Å². The molecule has 2 rings (SSSR count). The fourth-order valence-corrected chi connectivity index (χ4v) is 2.58. The lowest BCUT2D eigenvalue weighted by Gasteiger charge is -2.29. The highest BCUT2D eigenvalue weighted by atomic mass is 35.5. The van der Waals surface area contributed by atoms with Gasteiger partial charge in [0.25, 0.3) is 0 Å².